The molecule has 0 aromatic carbocycles. The molecule has 0 nitrogen and oxygen atoms in total. The summed E-state index contributed by atoms with van der Waals surface area (Å²) in [5.74, 6) is 1.16. The van der Waals surface area contributed by atoms with E-state index in [1.165, 1.54) is 18.5 Å². The molecule has 1 heteroatoms. The molecule has 0 radical (unpaired) electrons. The predicted octanol–water partition coefficient (Wildman–Crippen LogP) is 3.45. The van der Waals surface area contributed by atoms with Gasteiger partial charge in [-0.15, -0.1) is 7.92 Å². The zero-order chi connectivity index (χ0) is 7.68. The van der Waals surface area contributed by atoms with Gasteiger partial charge in [-0.05, 0) is 50.1 Å². The van der Waals surface area contributed by atoms with E-state index in [0.29, 0.717) is 7.92 Å². The fourth-order valence-electron chi connectivity index (χ4n) is 2.87. The zero-order valence-electron chi connectivity index (χ0n) is 7.55. The summed E-state index contributed by atoms with van der Waals surface area (Å²) in [6.07, 6.45) is 10.9. The lowest BCUT2D eigenvalue weighted by molar-refractivity contribution is 0.505. The van der Waals surface area contributed by atoms with E-state index in [4.69, 9.17) is 0 Å². The van der Waals surface area contributed by atoms with Crippen LogP contribution in [0.25, 0.3) is 0 Å². The lowest BCUT2D eigenvalue weighted by Gasteiger charge is -2.22. The van der Waals surface area contributed by atoms with Crippen LogP contribution in [0.4, 0.5) is 0 Å². The van der Waals surface area contributed by atoms with Crippen LogP contribution in [-0.2, 0) is 0 Å². The van der Waals surface area contributed by atoms with E-state index >= 15 is 0 Å². The van der Waals surface area contributed by atoms with Crippen LogP contribution in [0.3, 0.4) is 0 Å². The van der Waals surface area contributed by atoms with Gasteiger partial charge in [0.05, 0.1) is 0 Å². The van der Waals surface area contributed by atoms with Gasteiger partial charge in [0, 0.05) is 0 Å². The maximum atomic E-state index is 2.53. The summed E-state index contributed by atoms with van der Waals surface area (Å²) in [6.45, 7) is 2.53. The van der Waals surface area contributed by atoms with Crippen molar-refractivity contribution in [2.24, 2.45) is 5.92 Å². The molecule has 0 aromatic rings. The highest BCUT2D eigenvalue weighted by molar-refractivity contribution is 7.57. The molecular formula is C10H19P. The molecule has 0 bridgehead atoms. The second-order valence-corrected chi connectivity index (χ2v) is 6.86. The van der Waals surface area contributed by atoms with Crippen molar-refractivity contribution in [2.75, 3.05) is 12.8 Å². The molecule has 0 amide bonds. The van der Waals surface area contributed by atoms with Crippen molar-refractivity contribution in [2.45, 2.75) is 44.2 Å². The Kier molecular flexibility index (Phi) is 2.51. The number of rotatable bonds is 1. The molecule has 0 N–H and O–H groups in total. The van der Waals surface area contributed by atoms with Crippen LogP contribution in [0.5, 0.6) is 0 Å². The molecule has 11 heavy (non-hydrogen) atoms. The van der Waals surface area contributed by atoms with Crippen LogP contribution in [0.15, 0.2) is 0 Å². The van der Waals surface area contributed by atoms with E-state index in [1.807, 2.05) is 0 Å². The zero-order valence-corrected chi connectivity index (χ0v) is 8.45. The topological polar surface area (TPSA) is 0 Å². The van der Waals surface area contributed by atoms with Crippen molar-refractivity contribution >= 4 is 7.92 Å². The van der Waals surface area contributed by atoms with Gasteiger partial charge in [0.2, 0.25) is 0 Å². The SMILES string of the molecule is C[P@]1CCC[C@@H]1C1CCCC1. The quantitative estimate of drug-likeness (QED) is 0.529. The molecular weight excluding hydrogens is 151 g/mol. The van der Waals surface area contributed by atoms with Crippen molar-refractivity contribution < 1.29 is 0 Å². The highest BCUT2D eigenvalue weighted by Crippen LogP contribution is 2.53. The predicted molar refractivity (Wildman–Crippen MR) is 52.7 cm³/mol. The van der Waals surface area contributed by atoms with Gasteiger partial charge < -0.3 is 0 Å². The summed E-state index contributed by atoms with van der Waals surface area (Å²) in [7, 11) is 0.461. The van der Waals surface area contributed by atoms with E-state index in [9.17, 15) is 0 Å². The summed E-state index contributed by atoms with van der Waals surface area (Å²) >= 11 is 0. The number of hydrogen-bond acceptors (Lipinski definition) is 0. The summed E-state index contributed by atoms with van der Waals surface area (Å²) < 4.78 is 0. The molecule has 2 aliphatic rings. The Hall–Kier alpha value is 0.430. The minimum atomic E-state index is 0.461. The third-order valence-electron chi connectivity index (χ3n) is 3.52. The summed E-state index contributed by atoms with van der Waals surface area (Å²) in [6, 6.07) is 0. The summed E-state index contributed by atoms with van der Waals surface area (Å²) in [5, 5.41) is 0. The highest BCUT2D eigenvalue weighted by Gasteiger charge is 2.31. The van der Waals surface area contributed by atoms with E-state index in [1.54, 1.807) is 31.8 Å². The fourth-order valence-corrected chi connectivity index (χ4v) is 5.53. The Morgan fingerprint density at radius 2 is 1.73 bits per heavy atom. The average Bonchev–Trinajstić information content (AvgIpc) is 2.55. The smallest absolute Gasteiger partial charge is 0.0183 e. The third-order valence-corrected chi connectivity index (χ3v) is 6.35. The lowest BCUT2D eigenvalue weighted by Crippen LogP contribution is -2.11. The Labute approximate surface area is 71.5 Å². The molecule has 0 aromatic heterocycles. The van der Waals surface area contributed by atoms with Gasteiger partial charge in [0.25, 0.3) is 0 Å². The van der Waals surface area contributed by atoms with E-state index in [-0.39, 0.29) is 0 Å². The molecule has 2 atom stereocenters. The first-order valence-electron chi connectivity index (χ1n) is 5.08. The molecule has 1 aliphatic carbocycles. The second-order valence-electron chi connectivity index (χ2n) is 4.23. The molecule has 0 unspecified atom stereocenters. The first kappa shape index (κ1) is 8.05. The maximum Gasteiger partial charge on any atom is -0.0183 e. The van der Waals surface area contributed by atoms with E-state index in [0.717, 1.165) is 5.92 Å². The van der Waals surface area contributed by atoms with E-state index in [2.05, 4.69) is 6.66 Å². The fraction of sp³-hybridized carbons (Fsp3) is 1.00. The molecule has 1 saturated heterocycles. The van der Waals surface area contributed by atoms with Crippen molar-refractivity contribution in [3.63, 3.8) is 0 Å². The minimum absolute atomic E-state index is 0.461. The first-order valence-corrected chi connectivity index (χ1v) is 7.12. The highest BCUT2D eigenvalue weighted by atomic mass is 31.1. The van der Waals surface area contributed by atoms with Gasteiger partial charge in [0.1, 0.15) is 0 Å². The van der Waals surface area contributed by atoms with Crippen LogP contribution in [0, 0.1) is 5.92 Å². The molecule has 1 saturated carbocycles. The third kappa shape index (κ3) is 1.61. The molecule has 1 aliphatic heterocycles. The van der Waals surface area contributed by atoms with Crippen LogP contribution in [-0.4, -0.2) is 18.5 Å². The second kappa shape index (κ2) is 3.44. The Morgan fingerprint density at radius 3 is 2.27 bits per heavy atom. The van der Waals surface area contributed by atoms with Gasteiger partial charge >= 0.3 is 0 Å². The largest absolute Gasteiger partial charge is 0.106 e. The van der Waals surface area contributed by atoms with Gasteiger partial charge in [-0.3, -0.25) is 0 Å². The summed E-state index contributed by atoms with van der Waals surface area (Å²) in [5.41, 5.74) is 1.19. The monoisotopic (exact) mass is 170 g/mol. The Morgan fingerprint density at radius 1 is 1.00 bits per heavy atom. The number of hydrogen-bond donors (Lipinski definition) is 0. The molecule has 64 valence electrons. The van der Waals surface area contributed by atoms with Gasteiger partial charge in [-0.1, -0.05) is 12.8 Å². The van der Waals surface area contributed by atoms with E-state index < -0.39 is 0 Å². The standard InChI is InChI=1S/C10H19P/c1-11-8-4-7-10(11)9-5-2-3-6-9/h9-10H,2-8H2,1H3/t10-,11-/m1/s1. The summed E-state index contributed by atoms with van der Waals surface area (Å²) in [4.78, 5) is 0. The van der Waals surface area contributed by atoms with Crippen molar-refractivity contribution in [1.82, 2.24) is 0 Å². The molecule has 2 rings (SSSR count). The van der Waals surface area contributed by atoms with Crippen LogP contribution in [0.1, 0.15) is 38.5 Å². The normalized spacial score (nSPS) is 40.1. The average molecular weight is 170 g/mol. The van der Waals surface area contributed by atoms with Gasteiger partial charge in [-0.25, -0.2) is 0 Å². The van der Waals surface area contributed by atoms with Gasteiger partial charge in [0.15, 0.2) is 0 Å². The molecule has 2 fully saturated rings. The van der Waals surface area contributed by atoms with Crippen molar-refractivity contribution in [3.05, 3.63) is 0 Å². The van der Waals surface area contributed by atoms with Crippen LogP contribution in [0.2, 0.25) is 0 Å². The van der Waals surface area contributed by atoms with Gasteiger partial charge in [-0.2, -0.15) is 0 Å². The van der Waals surface area contributed by atoms with Crippen LogP contribution < -0.4 is 0 Å². The minimum Gasteiger partial charge on any atom is -0.106 e. The Balaban J connectivity index is 1.92. The van der Waals surface area contributed by atoms with Crippen molar-refractivity contribution in [1.29, 1.82) is 0 Å². The van der Waals surface area contributed by atoms with Crippen LogP contribution >= 0.6 is 7.92 Å². The molecule has 0 spiro atoms. The maximum absolute atomic E-state index is 2.53. The van der Waals surface area contributed by atoms with Crippen molar-refractivity contribution in [3.8, 4) is 0 Å². The first-order chi connectivity index (χ1) is 5.38. The lowest BCUT2D eigenvalue weighted by atomic mass is 10.0. The Bertz CT molecular complexity index is 127. The molecule has 1 heterocycles.